The molecule has 2 heterocycles. The van der Waals surface area contributed by atoms with Crippen LogP contribution in [0.5, 0.6) is 0 Å². The molecule has 54 heavy (non-hydrogen) atoms. The van der Waals surface area contributed by atoms with Crippen LogP contribution in [0, 0.1) is 5.92 Å². The van der Waals surface area contributed by atoms with Crippen LogP contribution < -0.4 is 10.6 Å². The van der Waals surface area contributed by atoms with Gasteiger partial charge in [0.15, 0.2) is 0 Å². The van der Waals surface area contributed by atoms with E-state index in [2.05, 4.69) is 77.8 Å². The Morgan fingerprint density at radius 2 is 1.06 bits per heavy atom. The van der Waals surface area contributed by atoms with Gasteiger partial charge < -0.3 is 39.9 Å². The highest BCUT2D eigenvalue weighted by Crippen LogP contribution is 2.31. The van der Waals surface area contributed by atoms with E-state index < -0.39 is 24.3 Å². The summed E-state index contributed by atoms with van der Waals surface area (Å²) in [5.41, 5.74) is 5.69. The quantitative estimate of drug-likeness (QED) is 0.113. The molecule has 0 saturated carbocycles. The van der Waals surface area contributed by atoms with Crippen LogP contribution in [0.15, 0.2) is 73.1 Å². The van der Waals surface area contributed by atoms with Crippen LogP contribution in [0.2, 0.25) is 0 Å². The minimum atomic E-state index is -0.753. The maximum absolute atomic E-state index is 13.3. The molecule has 4 N–H and O–H groups in total. The van der Waals surface area contributed by atoms with Crippen molar-refractivity contribution < 1.29 is 28.7 Å². The summed E-state index contributed by atoms with van der Waals surface area (Å²) in [5.74, 6) is 0.609. The van der Waals surface area contributed by atoms with Crippen molar-refractivity contribution in [1.82, 2.24) is 40.4 Å². The van der Waals surface area contributed by atoms with E-state index >= 15 is 0 Å². The summed E-state index contributed by atoms with van der Waals surface area (Å²) in [6, 6.07) is 18.5. The molecule has 14 heteroatoms. The maximum atomic E-state index is 13.3. The summed E-state index contributed by atoms with van der Waals surface area (Å²) in [6.45, 7) is 9.09. The molecule has 0 spiro atoms. The maximum Gasteiger partial charge on any atom is 0.407 e. The molecule has 0 aliphatic heterocycles. The lowest BCUT2D eigenvalue weighted by Crippen LogP contribution is -2.50. The molecule has 14 nitrogen and oxygen atoms in total. The van der Waals surface area contributed by atoms with E-state index in [9.17, 15) is 19.2 Å². The standard InChI is InChI=1S/C40H48N8O6/c1-22(2)34(46-40(52)54-9)38(50)48(7)25(5)36-41-20-32(44-36)27-12-10-26(11-13-27)28-14-15-30-19-31(17-16-29(30)18-28)33-21-42-35(45-33)24(4)47(6)37(49)23(3)43-39(51)53-8/h10-25,34H,1-9H3,(H,41,44)(H,42,45)(H,43,51)(H,46,52)/t23-,24-,25-,34-/m0/s1. The topological polar surface area (TPSA) is 175 Å². The van der Waals surface area contributed by atoms with Gasteiger partial charge in [0.1, 0.15) is 23.7 Å². The number of hydrogen-bond donors (Lipinski definition) is 4. The van der Waals surface area contributed by atoms with E-state index in [0.717, 1.165) is 44.4 Å². The molecular weight excluding hydrogens is 688 g/mol. The number of aromatic amines is 2. The summed E-state index contributed by atoms with van der Waals surface area (Å²) in [4.78, 5) is 68.4. The van der Waals surface area contributed by atoms with Crippen molar-refractivity contribution in [1.29, 1.82) is 0 Å². The average Bonchev–Trinajstić information content (AvgIpc) is 3.89. The Labute approximate surface area is 314 Å². The fourth-order valence-corrected chi connectivity index (χ4v) is 6.10. The van der Waals surface area contributed by atoms with Crippen LogP contribution in [0.1, 0.15) is 58.4 Å². The number of methoxy groups -OCH3 is 2. The zero-order valence-corrected chi connectivity index (χ0v) is 32.1. The second-order valence-corrected chi connectivity index (χ2v) is 13.7. The van der Waals surface area contributed by atoms with Gasteiger partial charge in [-0.1, -0.05) is 62.4 Å². The number of hydrogen-bond acceptors (Lipinski definition) is 8. The first-order valence-electron chi connectivity index (χ1n) is 17.7. The molecule has 0 unspecified atom stereocenters. The normalized spacial score (nSPS) is 13.4. The van der Waals surface area contributed by atoms with Gasteiger partial charge >= 0.3 is 12.2 Å². The van der Waals surface area contributed by atoms with Gasteiger partial charge in [0.05, 0.1) is 50.1 Å². The molecule has 4 amide bonds. The van der Waals surface area contributed by atoms with Gasteiger partial charge in [0, 0.05) is 19.7 Å². The molecule has 0 aliphatic carbocycles. The van der Waals surface area contributed by atoms with Crippen LogP contribution in [0.4, 0.5) is 9.59 Å². The smallest absolute Gasteiger partial charge is 0.407 e. The molecule has 0 radical (unpaired) electrons. The lowest BCUT2D eigenvalue weighted by Gasteiger charge is -2.30. The first kappa shape index (κ1) is 39.0. The minimum absolute atomic E-state index is 0.134. The summed E-state index contributed by atoms with van der Waals surface area (Å²) in [5, 5.41) is 7.28. The molecule has 3 aromatic carbocycles. The number of amides is 4. The van der Waals surface area contributed by atoms with Crippen LogP contribution >= 0.6 is 0 Å². The Bertz CT molecular complexity index is 2120. The number of benzene rings is 3. The molecule has 0 fully saturated rings. The lowest BCUT2D eigenvalue weighted by molar-refractivity contribution is -0.135. The zero-order valence-electron chi connectivity index (χ0n) is 32.1. The van der Waals surface area contributed by atoms with E-state index in [-0.39, 0.29) is 29.8 Å². The Morgan fingerprint density at radius 3 is 1.59 bits per heavy atom. The van der Waals surface area contributed by atoms with E-state index in [1.807, 2.05) is 45.9 Å². The Kier molecular flexibility index (Phi) is 12.0. The zero-order chi connectivity index (χ0) is 39.3. The third kappa shape index (κ3) is 8.54. The first-order chi connectivity index (χ1) is 25.7. The highest BCUT2D eigenvalue weighted by Gasteiger charge is 2.31. The second-order valence-electron chi connectivity index (χ2n) is 13.7. The number of nitrogens with zero attached hydrogens (tertiary/aromatic N) is 4. The number of carbonyl (C=O) groups is 4. The summed E-state index contributed by atoms with van der Waals surface area (Å²) in [6.07, 6.45) is 2.19. The Balaban J connectivity index is 1.25. The summed E-state index contributed by atoms with van der Waals surface area (Å²) >= 11 is 0. The number of imidazole rings is 2. The number of ether oxygens (including phenoxy) is 2. The number of nitrogens with one attached hydrogen (secondary N) is 4. The molecule has 2 aromatic heterocycles. The summed E-state index contributed by atoms with van der Waals surface area (Å²) in [7, 11) is 5.88. The highest BCUT2D eigenvalue weighted by atomic mass is 16.5. The van der Waals surface area contributed by atoms with Gasteiger partial charge in [0.25, 0.3) is 0 Å². The largest absolute Gasteiger partial charge is 0.453 e. The fourth-order valence-electron chi connectivity index (χ4n) is 6.10. The third-order valence-corrected chi connectivity index (χ3v) is 9.80. The second kappa shape index (κ2) is 16.7. The predicted molar refractivity (Wildman–Crippen MR) is 206 cm³/mol. The Morgan fingerprint density at radius 1 is 0.611 bits per heavy atom. The van der Waals surface area contributed by atoms with Crippen molar-refractivity contribution in [2.45, 2.75) is 58.8 Å². The van der Waals surface area contributed by atoms with Gasteiger partial charge in [-0.05, 0) is 66.3 Å². The monoisotopic (exact) mass is 736 g/mol. The molecule has 4 atom stereocenters. The van der Waals surface area contributed by atoms with E-state index in [1.54, 1.807) is 38.3 Å². The third-order valence-electron chi connectivity index (χ3n) is 9.80. The number of aromatic nitrogens is 4. The van der Waals surface area contributed by atoms with E-state index in [4.69, 9.17) is 4.74 Å². The van der Waals surface area contributed by atoms with Crippen LogP contribution in [-0.2, 0) is 19.1 Å². The Hall–Kier alpha value is -6.18. The number of carbonyl (C=O) groups excluding carboxylic acids is 4. The van der Waals surface area contributed by atoms with Crippen molar-refractivity contribution >= 4 is 34.8 Å². The number of rotatable bonds is 12. The van der Waals surface area contributed by atoms with Gasteiger partial charge in [-0.15, -0.1) is 0 Å². The van der Waals surface area contributed by atoms with Gasteiger partial charge in [-0.25, -0.2) is 19.6 Å². The lowest BCUT2D eigenvalue weighted by atomic mass is 9.98. The van der Waals surface area contributed by atoms with Crippen molar-refractivity contribution in [3.63, 3.8) is 0 Å². The molecule has 0 bridgehead atoms. The van der Waals surface area contributed by atoms with Crippen molar-refractivity contribution in [3.05, 3.63) is 84.7 Å². The molecular formula is C40H48N8O6. The van der Waals surface area contributed by atoms with Crippen molar-refractivity contribution in [3.8, 4) is 33.6 Å². The van der Waals surface area contributed by atoms with Crippen molar-refractivity contribution in [2.75, 3.05) is 28.3 Å². The van der Waals surface area contributed by atoms with Crippen LogP contribution in [0.3, 0.4) is 0 Å². The highest BCUT2D eigenvalue weighted by molar-refractivity contribution is 5.91. The number of alkyl carbamates (subject to hydrolysis) is 2. The predicted octanol–water partition coefficient (Wildman–Crippen LogP) is 6.45. The number of likely N-dealkylation sites (N-methyl/N-ethyl adjacent to an activating group) is 2. The van der Waals surface area contributed by atoms with Gasteiger partial charge in [-0.2, -0.15) is 0 Å². The van der Waals surface area contributed by atoms with Gasteiger partial charge in [0.2, 0.25) is 11.8 Å². The first-order valence-corrected chi connectivity index (χ1v) is 17.7. The van der Waals surface area contributed by atoms with Crippen LogP contribution in [0.25, 0.3) is 44.4 Å². The minimum Gasteiger partial charge on any atom is -0.453 e. The fraction of sp³-hybridized carbons (Fsp3) is 0.350. The van der Waals surface area contributed by atoms with E-state index in [1.165, 1.54) is 19.1 Å². The molecule has 0 aliphatic rings. The number of fused-ring (bicyclic) bond motifs is 1. The van der Waals surface area contributed by atoms with Gasteiger partial charge in [-0.3, -0.25) is 9.59 Å². The molecule has 5 aromatic rings. The summed E-state index contributed by atoms with van der Waals surface area (Å²) < 4.78 is 9.31. The average molecular weight is 737 g/mol. The van der Waals surface area contributed by atoms with Crippen molar-refractivity contribution in [2.24, 2.45) is 5.92 Å². The molecule has 0 saturated heterocycles. The number of H-pyrrole nitrogens is 2. The molecule has 5 rings (SSSR count). The van der Waals surface area contributed by atoms with Crippen LogP contribution in [-0.4, -0.2) is 94.1 Å². The van der Waals surface area contributed by atoms with E-state index in [0.29, 0.717) is 11.6 Å². The molecule has 284 valence electrons. The SMILES string of the molecule is COC(=O)N[C@@H](C)C(=O)N(C)[C@@H](C)c1ncc(-c2ccc3cc(-c4ccc(-c5cnc([C@H](C)N(C)C(=O)[C@@H](NC(=O)OC)C(C)C)[nH]5)cc4)ccc3c2)[nH]1.